The summed E-state index contributed by atoms with van der Waals surface area (Å²) in [5.41, 5.74) is 4.14. The highest BCUT2D eigenvalue weighted by Gasteiger charge is 2.09. The molecule has 0 spiro atoms. The third-order valence-electron chi connectivity index (χ3n) is 3.72. The average Bonchev–Trinajstić information content (AvgIpc) is 2.93. The lowest BCUT2D eigenvalue weighted by Gasteiger charge is -2.07. The Hall–Kier alpha value is -2.20. The third kappa shape index (κ3) is 2.88. The maximum Gasteiger partial charge on any atom is 0.224 e. The molecule has 0 aliphatic heterocycles. The second kappa shape index (κ2) is 5.89. The van der Waals surface area contributed by atoms with E-state index in [1.807, 2.05) is 12.1 Å². The monoisotopic (exact) mass is 310 g/mol. The van der Waals surface area contributed by atoms with Crippen LogP contribution in [0.1, 0.15) is 16.0 Å². The summed E-state index contributed by atoms with van der Waals surface area (Å²) in [4.78, 5) is 18.8. The van der Waals surface area contributed by atoms with Gasteiger partial charge in [-0.2, -0.15) is 0 Å². The van der Waals surface area contributed by atoms with E-state index in [9.17, 15) is 4.79 Å². The summed E-state index contributed by atoms with van der Waals surface area (Å²) >= 11 is 1.75. The largest absolute Gasteiger partial charge is 0.359 e. The summed E-state index contributed by atoms with van der Waals surface area (Å²) in [6.07, 6.45) is 0.384. The highest BCUT2D eigenvalue weighted by molar-refractivity contribution is 7.15. The van der Waals surface area contributed by atoms with Gasteiger partial charge in [0.25, 0.3) is 0 Å². The fourth-order valence-corrected chi connectivity index (χ4v) is 3.36. The van der Waals surface area contributed by atoms with E-state index in [2.05, 4.69) is 43.4 Å². The molecule has 0 bridgehead atoms. The second-order valence-electron chi connectivity index (χ2n) is 5.44. The number of amides is 1. The lowest BCUT2D eigenvalue weighted by atomic mass is 10.0. The van der Waals surface area contributed by atoms with E-state index in [0.717, 1.165) is 22.2 Å². The van der Waals surface area contributed by atoms with Crippen molar-refractivity contribution in [2.45, 2.75) is 20.3 Å². The number of benzene rings is 1. The van der Waals surface area contributed by atoms with Gasteiger partial charge in [0, 0.05) is 17.3 Å². The highest BCUT2D eigenvalue weighted by atomic mass is 32.1. The summed E-state index contributed by atoms with van der Waals surface area (Å²) in [5.74, 6) is 0.0149. The lowest BCUT2D eigenvalue weighted by Crippen LogP contribution is -2.19. The summed E-state index contributed by atoms with van der Waals surface area (Å²) in [5, 5.41) is 3.79. The molecule has 1 amide bonds. The summed E-state index contributed by atoms with van der Waals surface area (Å²) in [6.45, 7) is 4.20. The number of hydrogen-bond acceptors (Lipinski definition) is 3. The van der Waals surface area contributed by atoms with E-state index in [1.165, 1.54) is 15.3 Å². The highest BCUT2D eigenvalue weighted by Crippen LogP contribution is 2.29. The molecule has 0 fully saturated rings. The smallest absolute Gasteiger partial charge is 0.224 e. The van der Waals surface area contributed by atoms with Crippen LogP contribution < -0.4 is 5.32 Å². The molecule has 0 saturated carbocycles. The van der Waals surface area contributed by atoms with Gasteiger partial charge in [0.05, 0.1) is 22.5 Å². The first-order valence-corrected chi connectivity index (χ1v) is 8.06. The van der Waals surface area contributed by atoms with Crippen LogP contribution in [0.5, 0.6) is 0 Å². The van der Waals surface area contributed by atoms with Crippen LogP contribution in [0.4, 0.5) is 0 Å². The van der Waals surface area contributed by atoms with Gasteiger partial charge in [-0.15, -0.1) is 11.3 Å². The molecular formula is C18H18N2OS. The molecule has 0 aliphatic carbocycles. The first-order valence-electron chi connectivity index (χ1n) is 7.24. The van der Waals surface area contributed by atoms with E-state index in [-0.39, 0.29) is 5.91 Å². The normalized spacial score (nSPS) is 10.9. The van der Waals surface area contributed by atoms with Crippen LogP contribution in [0.15, 0.2) is 36.4 Å². The van der Waals surface area contributed by atoms with Gasteiger partial charge in [-0.3, -0.25) is 4.79 Å². The van der Waals surface area contributed by atoms with Crippen molar-refractivity contribution in [2.24, 2.45) is 0 Å². The van der Waals surface area contributed by atoms with Gasteiger partial charge in [0.2, 0.25) is 5.91 Å². The van der Waals surface area contributed by atoms with Crippen molar-refractivity contribution < 1.29 is 4.79 Å². The molecule has 2 aromatic heterocycles. The standard InChI is InChI=1S/C18H18N2OS/c1-11-8-16(17-7-4-12(2)22-17)20-15-9-13(5-6-14(11)15)10-18(21)19-3/h4-9H,10H2,1-3H3,(H,19,21). The van der Waals surface area contributed by atoms with Crippen molar-refractivity contribution in [3.05, 3.63) is 52.4 Å². The van der Waals surface area contributed by atoms with E-state index < -0.39 is 0 Å². The Morgan fingerprint density at radius 1 is 1.18 bits per heavy atom. The third-order valence-corrected chi connectivity index (χ3v) is 4.74. The molecule has 3 aromatic rings. The van der Waals surface area contributed by atoms with Crippen LogP contribution >= 0.6 is 11.3 Å². The van der Waals surface area contributed by atoms with E-state index >= 15 is 0 Å². The van der Waals surface area contributed by atoms with Crippen molar-refractivity contribution >= 4 is 28.1 Å². The number of thiophene rings is 1. The Morgan fingerprint density at radius 3 is 2.68 bits per heavy atom. The zero-order chi connectivity index (χ0) is 15.7. The van der Waals surface area contributed by atoms with Crippen LogP contribution in [-0.4, -0.2) is 17.9 Å². The maximum absolute atomic E-state index is 11.5. The molecule has 0 radical (unpaired) electrons. The number of carbonyl (C=O) groups is 1. The Labute approximate surface area is 134 Å². The Morgan fingerprint density at radius 2 is 2.00 bits per heavy atom. The second-order valence-corrected chi connectivity index (χ2v) is 6.72. The molecular weight excluding hydrogens is 292 g/mol. The molecule has 2 heterocycles. The maximum atomic E-state index is 11.5. The molecule has 4 heteroatoms. The van der Waals surface area contributed by atoms with Gasteiger partial charge in [-0.1, -0.05) is 12.1 Å². The van der Waals surface area contributed by atoms with Crippen LogP contribution in [0.25, 0.3) is 21.5 Å². The van der Waals surface area contributed by atoms with Gasteiger partial charge in [-0.05, 0) is 49.2 Å². The number of nitrogens with zero attached hydrogens (tertiary/aromatic N) is 1. The number of carbonyl (C=O) groups excluding carboxylic acids is 1. The predicted molar refractivity (Wildman–Crippen MR) is 92.3 cm³/mol. The van der Waals surface area contributed by atoms with Gasteiger partial charge in [-0.25, -0.2) is 4.98 Å². The van der Waals surface area contributed by atoms with Crippen LogP contribution in [0, 0.1) is 13.8 Å². The Bertz CT molecular complexity index is 851. The van der Waals surface area contributed by atoms with E-state index in [1.54, 1.807) is 18.4 Å². The number of fused-ring (bicyclic) bond motifs is 1. The van der Waals surface area contributed by atoms with Crippen molar-refractivity contribution in [1.29, 1.82) is 0 Å². The molecule has 0 aliphatic rings. The predicted octanol–water partition coefficient (Wildman–Crippen LogP) is 3.87. The van der Waals surface area contributed by atoms with Gasteiger partial charge < -0.3 is 5.32 Å². The summed E-state index contributed by atoms with van der Waals surface area (Å²) < 4.78 is 0. The number of rotatable bonds is 3. The number of pyridine rings is 1. The Balaban J connectivity index is 2.08. The number of likely N-dealkylation sites (N-methyl/N-ethyl adjacent to an activating group) is 1. The molecule has 1 aromatic carbocycles. The van der Waals surface area contributed by atoms with Gasteiger partial charge >= 0.3 is 0 Å². The SMILES string of the molecule is CNC(=O)Cc1ccc2c(C)cc(-c3ccc(C)s3)nc2c1. The lowest BCUT2D eigenvalue weighted by molar-refractivity contribution is -0.119. The van der Waals surface area contributed by atoms with Crippen molar-refractivity contribution in [1.82, 2.24) is 10.3 Å². The van der Waals surface area contributed by atoms with Crippen LogP contribution in [0.3, 0.4) is 0 Å². The van der Waals surface area contributed by atoms with E-state index in [4.69, 9.17) is 4.98 Å². The minimum absolute atomic E-state index is 0.0149. The molecule has 3 nitrogen and oxygen atoms in total. The molecule has 0 atom stereocenters. The first-order chi connectivity index (χ1) is 10.6. The minimum Gasteiger partial charge on any atom is -0.359 e. The van der Waals surface area contributed by atoms with Crippen LogP contribution in [0.2, 0.25) is 0 Å². The zero-order valence-corrected chi connectivity index (χ0v) is 13.8. The Kier molecular flexibility index (Phi) is 3.94. The van der Waals surface area contributed by atoms with Crippen molar-refractivity contribution in [3.63, 3.8) is 0 Å². The van der Waals surface area contributed by atoms with Gasteiger partial charge in [0.1, 0.15) is 0 Å². The van der Waals surface area contributed by atoms with Crippen LogP contribution in [-0.2, 0) is 11.2 Å². The fourth-order valence-electron chi connectivity index (χ4n) is 2.53. The van der Waals surface area contributed by atoms with Crippen molar-refractivity contribution in [3.8, 4) is 10.6 Å². The molecule has 0 unspecified atom stereocenters. The van der Waals surface area contributed by atoms with Crippen molar-refractivity contribution in [2.75, 3.05) is 7.05 Å². The summed E-state index contributed by atoms with van der Waals surface area (Å²) in [6, 6.07) is 12.4. The molecule has 3 rings (SSSR count). The number of hydrogen-bond donors (Lipinski definition) is 1. The molecule has 0 saturated heterocycles. The number of nitrogens with one attached hydrogen (secondary N) is 1. The number of aryl methyl sites for hydroxylation is 2. The number of aromatic nitrogens is 1. The fraction of sp³-hybridized carbons (Fsp3) is 0.222. The summed E-state index contributed by atoms with van der Waals surface area (Å²) in [7, 11) is 1.66. The zero-order valence-electron chi connectivity index (χ0n) is 12.9. The molecule has 1 N–H and O–H groups in total. The first kappa shape index (κ1) is 14.7. The van der Waals surface area contributed by atoms with E-state index in [0.29, 0.717) is 6.42 Å². The quantitative estimate of drug-likeness (QED) is 0.798. The molecule has 112 valence electrons. The minimum atomic E-state index is 0.0149. The average molecular weight is 310 g/mol. The topological polar surface area (TPSA) is 42.0 Å². The molecule has 22 heavy (non-hydrogen) atoms. The van der Waals surface area contributed by atoms with Gasteiger partial charge in [0.15, 0.2) is 0 Å².